The molecule has 1 saturated carbocycles. The fourth-order valence-corrected chi connectivity index (χ4v) is 2.98. The van der Waals surface area contributed by atoms with Gasteiger partial charge in [-0.1, -0.05) is 30.3 Å². The monoisotopic (exact) mass is 187 g/mol. The van der Waals surface area contributed by atoms with E-state index < -0.39 is 0 Å². The molecule has 1 heterocycles. The third kappa shape index (κ3) is 1.27. The maximum atomic E-state index is 3.45. The molecule has 14 heavy (non-hydrogen) atoms. The van der Waals surface area contributed by atoms with Gasteiger partial charge in [0.2, 0.25) is 0 Å². The van der Waals surface area contributed by atoms with Crippen LogP contribution in [0.25, 0.3) is 0 Å². The molecule has 1 aromatic carbocycles. The molecular formula is C13H17N. The minimum Gasteiger partial charge on any atom is -0.317 e. The van der Waals surface area contributed by atoms with Gasteiger partial charge in [0.05, 0.1) is 0 Å². The maximum absolute atomic E-state index is 3.45. The summed E-state index contributed by atoms with van der Waals surface area (Å²) < 4.78 is 0. The van der Waals surface area contributed by atoms with Crippen molar-refractivity contribution < 1.29 is 0 Å². The molecule has 1 aromatic rings. The van der Waals surface area contributed by atoms with Crippen molar-refractivity contribution in [3.05, 3.63) is 35.9 Å². The van der Waals surface area contributed by atoms with Crippen LogP contribution >= 0.6 is 0 Å². The fraction of sp³-hybridized carbons (Fsp3) is 0.538. The topological polar surface area (TPSA) is 12.0 Å². The van der Waals surface area contributed by atoms with E-state index in [1.165, 1.54) is 32.4 Å². The van der Waals surface area contributed by atoms with Crippen molar-refractivity contribution in [1.82, 2.24) is 5.32 Å². The molecule has 0 unspecified atom stereocenters. The predicted octanol–water partition coefficient (Wildman–Crippen LogP) is 2.54. The Bertz CT molecular complexity index is 311. The van der Waals surface area contributed by atoms with Crippen molar-refractivity contribution in [3.8, 4) is 0 Å². The molecular weight excluding hydrogens is 170 g/mol. The summed E-state index contributed by atoms with van der Waals surface area (Å²) in [5.74, 6) is 0.866. The van der Waals surface area contributed by atoms with Crippen molar-refractivity contribution >= 4 is 0 Å². The average molecular weight is 187 g/mol. The van der Waals surface area contributed by atoms with Crippen LogP contribution in [0.3, 0.4) is 0 Å². The zero-order valence-corrected chi connectivity index (χ0v) is 8.50. The molecule has 1 saturated heterocycles. The maximum Gasteiger partial charge on any atom is -0.00434 e. The fourth-order valence-electron chi connectivity index (χ4n) is 2.98. The first-order valence-corrected chi connectivity index (χ1v) is 5.66. The number of benzene rings is 1. The standard InChI is InChI=1S/C13H17N/c1-2-4-11(5-3-1)12-10-13(12)6-8-14-9-7-13/h1-5,12,14H,6-10H2/t12-/m1/s1. The molecule has 1 N–H and O–H groups in total. The minimum absolute atomic E-state index is 0.687. The van der Waals surface area contributed by atoms with Crippen LogP contribution in [0.15, 0.2) is 30.3 Å². The van der Waals surface area contributed by atoms with E-state index in [9.17, 15) is 0 Å². The van der Waals surface area contributed by atoms with Crippen molar-refractivity contribution in [2.45, 2.75) is 25.2 Å². The Balaban J connectivity index is 1.78. The SMILES string of the molecule is c1ccc([C@H]2CC23CCNCC3)cc1. The summed E-state index contributed by atoms with van der Waals surface area (Å²) in [4.78, 5) is 0. The van der Waals surface area contributed by atoms with Gasteiger partial charge in [0.1, 0.15) is 0 Å². The lowest BCUT2D eigenvalue weighted by atomic mass is 9.90. The lowest BCUT2D eigenvalue weighted by Crippen LogP contribution is -2.29. The van der Waals surface area contributed by atoms with Gasteiger partial charge in [-0.25, -0.2) is 0 Å². The number of piperidine rings is 1. The third-order valence-electron chi connectivity index (χ3n) is 3.99. The van der Waals surface area contributed by atoms with Crippen LogP contribution in [0.4, 0.5) is 0 Å². The molecule has 0 bridgehead atoms. The number of hydrogen-bond acceptors (Lipinski definition) is 1. The Morgan fingerprint density at radius 2 is 1.79 bits per heavy atom. The zero-order chi connectivity index (χ0) is 9.43. The van der Waals surface area contributed by atoms with Gasteiger partial charge in [0.15, 0.2) is 0 Å². The Morgan fingerprint density at radius 3 is 2.50 bits per heavy atom. The van der Waals surface area contributed by atoms with E-state index >= 15 is 0 Å². The van der Waals surface area contributed by atoms with E-state index in [1.54, 1.807) is 5.56 Å². The molecule has 0 aromatic heterocycles. The molecule has 2 fully saturated rings. The number of hydrogen-bond donors (Lipinski definition) is 1. The highest BCUT2D eigenvalue weighted by molar-refractivity contribution is 5.30. The molecule has 2 aliphatic rings. The van der Waals surface area contributed by atoms with E-state index in [1.807, 2.05) is 0 Å². The molecule has 1 heteroatoms. The zero-order valence-electron chi connectivity index (χ0n) is 8.50. The van der Waals surface area contributed by atoms with E-state index in [0.717, 1.165) is 5.92 Å². The smallest absolute Gasteiger partial charge is 0.00434 e. The van der Waals surface area contributed by atoms with Crippen LogP contribution in [-0.2, 0) is 0 Å². The van der Waals surface area contributed by atoms with Gasteiger partial charge in [-0.15, -0.1) is 0 Å². The Hall–Kier alpha value is -0.820. The van der Waals surface area contributed by atoms with Crippen LogP contribution in [-0.4, -0.2) is 13.1 Å². The van der Waals surface area contributed by atoms with Crippen LogP contribution in [0.5, 0.6) is 0 Å². The van der Waals surface area contributed by atoms with Gasteiger partial charge in [-0.3, -0.25) is 0 Å². The molecule has 1 spiro atoms. The molecule has 1 atom stereocenters. The second-order valence-corrected chi connectivity index (χ2v) is 4.78. The minimum atomic E-state index is 0.687. The summed E-state index contributed by atoms with van der Waals surface area (Å²) in [6.07, 6.45) is 4.19. The lowest BCUT2D eigenvalue weighted by molar-refractivity contribution is 0.342. The first-order valence-electron chi connectivity index (χ1n) is 5.66. The highest BCUT2D eigenvalue weighted by Gasteiger charge is 2.54. The predicted molar refractivity (Wildman–Crippen MR) is 58.3 cm³/mol. The molecule has 3 rings (SSSR count). The molecule has 1 aliphatic heterocycles. The van der Waals surface area contributed by atoms with Crippen molar-refractivity contribution in [2.75, 3.05) is 13.1 Å². The highest BCUT2D eigenvalue weighted by Crippen LogP contribution is 2.64. The van der Waals surface area contributed by atoms with Gasteiger partial charge in [-0.2, -0.15) is 0 Å². The van der Waals surface area contributed by atoms with Gasteiger partial charge >= 0.3 is 0 Å². The van der Waals surface area contributed by atoms with Gasteiger partial charge in [0, 0.05) is 0 Å². The van der Waals surface area contributed by atoms with E-state index in [4.69, 9.17) is 0 Å². The van der Waals surface area contributed by atoms with Crippen LogP contribution in [0, 0.1) is 5.41 Å². The quantitative estimate of drug-likeness (QED) is 0.712. The summed E-state index contributed by atoms with van der Waals surface area (Å²) in [6, 6.07) is 11.0. The first-order chi connectivity index (χ1) is 6.91. The van der Waals surface area contributed by atoms with Gasteiger partial charge in [0.25, 0.3) is 0 Å². The molecule has 0 radical (unpaired) electrons. The number of rotatable bonds is 1. The van der Waals surface area contributed by atoms with Crippen molar-refractivity contribution in [1.29, 1.82) is 0 Å². The second-order valence-electron chi connectivity index (χ2n) is 4.78. The summed E-state index contributed by atoms with van der Waals surface area (Å²) in [6.45, 7) is 2.45. The summed E-state index contributed by atoms with van der Waals surface area (Å²) in [7, 11) is 0. The summed E-state index contributed by atoms with van der Waals surface area (Å²) in [5.41, 5.74) is 2.25. The highest BCUT2D eigenvalue weighted by atomic mass is 14.9. The molecule has 0 amide bonds. The summed E-state index contributed by atoms with van der Waals surface area (Å²) in [5, 5.41) is 3.45. The first kappa shape index (κ1) is 8.49. The summed E-state index contributed by atoms with van der Waals surface area (Å²) >= 11 is 0. The normalized spacial score (nSPS) is 29.0. The Labute approximate surface area is 85.5 Å². The lowest BCUT2D eigenvalue weighted by Gasteiger charge is -2.23. The Kier molecular flexibility index (Phi) is 1.88. The molecule has 1 nitrogen and oxygen atoms in total. The van der Waals surface area contributed by atoms with Gasteiger partial charge in [-0.05, 0) is 49.2 Å². The third-order valence-corrected chi connectivity index (χ3v) is 3.99. The largest absolute Gasteiger partial charge is 0.317 e. The van der Waals surface area contributed by atoms with Crippen molar-refractivity contribution in [2.24, 2.45) is 5.41 Å². The second kappa shape index (κ2) is 3.09. The van der Waals surface area contributed by atoms with Crippen LogP contribution < -0.4 is 5.32 Å². The van der Waals surface area contributed by atoms with Gasteiger partial charge < -0.3 is 5.32 Å². The Morgan fingerprint density at radius 1 is 1.07 bits per heavy atom. The molecule has 1 aliphatic carbocycles. The van der Waals surface area contributed by atoms with Crippen LogP contribution in [0.2, 0.25) is 0 Å². The van der Waals surface area contributed by atoms with Crippen molar-refractivity contribution in [3.63, 3.8) is 0 Å². The average Bonchev–Trinajstić information content (AvgIpc) is 2.95. The van der Waals surface area contributed by atoms with Crippen LogP contribution in [0.1, 0.15) is 30.7 Å². The van der Waals surface area contributed by atoms with E-state index in [0.29, 0.717) is 5.41 Å². The van der Waals surface area contributed by atoms with E-state index in [2.05, 4.69) is 35.6 Å². The molecule has 74 valence electrons. The number of nitrogens with one attached hydrogen (secondary N) is 1. The van der Waals surface area contributed by atoms with E-state index in [-0.39, 0.29) is 0 Å².